The number of morpholine rings is 1. The van der Waals surface area contributed by atoms with Crippen LogP contribution in [0.25, 0.3) is 11.0 Å². The Hall–Kier alpha value is -2.22. The Morgan fingerprint density at radius 2 is 2.33 bits per heavy atom. The normalized spacial score (nSPS) is 21.5. The second-order valence-electron chi connectivity index (χ2n) is 6.20. The summed E-state index contributed by atoms with van der Waals surface area (Å²) in [5, 5.41) is 2.72. The first kappa shape index (κ1) is 16.6. The van der Waals surface area contributed by atoms with Crippen molar-refractivity contribution < 1.29 is 18.3 Å². The third kappa shape index (κ3) is 3.19. The van der Waals surface area contributed by atoms with Crippen LogP contribution in [-0.4, -0.2) is 52.6 Å². The van der Waals surface area contributed by atoms with Crippen LogP contribution in [-0.2, 0) is 11.3 Å². The fraction of sp³-hybridized carbons (Fsp3) is 0.500. The molecule has 6 nitrogen and oxygen atoms in total. The number of rotatable bonds is 3. The van der Waals surface area contributed by atoms with Gasteiger partial charge in [0.2, 0.25) is 0 Å². The van der Waals surface area contributed by atoms with Crippen molar-refractivity contribution in [3.63, 3.8) is 0 Å². The minimum atomic E-state index is -2.65. The Kier molecular flexibility index (Phi) is 4.40. The van der Waals surface area contributed by atoms with Gasteiger partial charge < -0.3 is 19.9 Å². The molecule has 0 saturated carbocycles. The van der Waals surface area contributed by atoms with Crippen LogP contribution in [0, 0.1) is 6.92 Å². The second kappa shape index (κ2) is 6.35. The number of H-pyrrole nitrogens is 1. The van der Waals surface area contributed by atoms with Crippen LogP contribution >= 0.6 is 0 Å². The second-order valence-corrected chi connectivity index (χ2v) is 6.20. The first-order chi connectivity index (χ1) is 11.4. The lowest BCUT2D eigenvalue weighted by Crippen LogP contribution is -2.57. The van der Waals surface area contributed by atoms with Crippen molar-refractivity contribution in [2.75, 3.05) is 19.7 Å². The quantitative estimate of drug-likeness (QED) is 0.903. The van der Waals surface area contributed by atoms with Crippen LogP contribution in [0.4, 0.5) is 13.6 Å². The number of imidazole rings is 1. The van der Waals surface area contributed by atoms with Gasteiger partial charge in [-0.3, -0.25) is 0 Å². The highest BCUT2D eigenvalue weighted by atomic mass is 19.3. The van der Waals surface area contributed by atoms with Gasteiger partial charge in [0.15, 0.2) is 0 Å². The molecule has 1 unspecified atom stereocenters. The summed E-state index contributed by atoms with van der Waals surface area (Å²) in [7, 11) is 0. The number of alkyl halides is 2. The fourth-order valence-electron chi connectivity index (χ4n) is 2.78. The zero-order chi connectivity index (χ0) is 17.3. The number of hydrogen-bond donors (Lipinski definition) is 2. The van der Waals surface area contributed by atoms with Crippen LogP contribution in [0.1, 0.15) is 18.3 Å². The van der Waals surface area contributed by atoms with Crippen LogP contribution in [0.5, 0.6) is 0 Å². The van der Waals surface area contributed by atoms with Crippen molar-refractivity contribution >= 4 is 17.1 Å². The van der Waals surface area contributed by atoms with Crippen molar-refractivity contribution in [1.29, 1.82) is 0 Å². The number of halogens is 2. The van der Waals surface area contributed by atoms with E-state index in [1.54, 1.807) is 0 Å². The molecule has 2 amide bonds. The Balaban J connectivity index is 1.63. The van der Waals surface area contributed by atoms with Crippen molar-refractivity contribution in [2.45, 2.75) is 32.4 Å². The van der Waals surface area contributed by atoms with Crippen molar-refractivity contribution in [3.05, 3.63) is 29.6 Å². The molecule has 2 heterocycles. The van der Waals surface area contributed by atoms with E-state index >= 15 is 0 Å². The van der Waals surface area contributed by atoms with Gasteiger partial charge in [-0.05, 0) is 25.5 Å². The van der Waals surface area contributed by atoms with Gasteiger partial charge in [-0.1, -0.05) is 12.1 Å². The molecule has 130 valence electrons. The Morgan fingerprint density at radius 3 is 3.04 bits per heavy atom. The molecule has 0 aliphatic carbocycles. The fourth-order valence-corrected chi connectivity index (χ4v) is 2.78. The minimum absolute atomic E-state index is 0.0953. The molecular weight excluding hydrogens is 318 g/mol. The summed E-state index contributed by atoms with van der Waals surface area (Å²) in [5.41, 5.74) is 1.18. The molecule has 24 heavy (non-hydrogen) atoms. The van der Waals surface area contributed by atoms with Gasteiger partial charge in [0.25, 0.3) is 6.43 Å². The van der Waals surface area contributed by atoms with Gasteiger partial charge in [0.1, 0.15) is 11.4 Å². The van der Waals surface area contributed by atoms with E-state index in [1.165, 1.54) is 11.8 Å². The first-order valence-corrected chi connectivity index (χ1v) is 7.78. The molecule has 2 N–H and O–H groups in total. The summed E-state index contributed by atoms with van der Waals surface area (Å²) in [5.74, 6) is 0.623. The summed E-state index contributed by atoms with van der Waals surface area (Å²) < 4.78 is 31.2. The number of aromatic nitrogens is 2. The third-order valence-corrected chi connectivity index (χ3v) is 4.22. The molecule has 1 aliphatic heterocycles. The standard InChI is InChI=1S/C16H20F2N4O2/c1-10-4-3-5-11-13(10)21-12(20-11)8-19-15(23)22-6-7-24-16(2,9-22)14(17)18/h3-5,14H,6-9H2,1-2H3,(H,19,23)(H,20,21). The number of para-hydroxylation sites is 1. The molecule has 1 aromatic heterocycles. The molecule has 0 bridgehead atoms. The van der Waals surface area contributed by atoms with E-state index in [0.717, 1.165) is 16.6 Å². The number of nitrogens with one attached hydrogen (secondary N) is 2. The smallest absolute Gasteiger partial charge is 0.317 e. The summed E-state index contributed by atoms with van der Waals surface area (Å²) >= 11 is 0. The predicted octanol–water partition coefficient (Wildman–Crippen LogP) is 2.44. The molecule has 1 aromatic carbocycles. The molecule has 1 atom stereocenters. The third-order valence-electron chi connectivity index (χ3n) is 4.22. The topological polar surface area (TPSA) is 70.2 Å². The van der Waals surface area contributed by atoms with Crippen LogP contribution in [0.3, 0.4) is 0 Å². The maximum absolute atomic E-state index is 13.0. The lowest BCUT2D eigenvalue weighted by Gasteiger charge is -2.39. The van der Waals surface area contributed by atoms with E-state index in [0.29, 0.717) is 5.82 Å². The number of carbonyl (C=O) groups excluding carboxylic acids is 1. The summed E-state index contributed by atoms with van der Waals surface area (Å²) in [4.78, 5) is 21.2. The highest BCUT2D eigenvalue weighted by Gasteiger charge is 2.42. The molecule has 1 aliphatic rings. The summed E-state index contributed by atoms with van der Waals surface area (Å²) in [6.45, 7) is 3.72. The van der Waals surface area contributed by atoms with E-state index in [2.05, 4.69) is 15.3 Å². The molecule has 8 heteroatoms. The highest BCUT2D eigenvalue weighted by molar-refractivity contribution is 5.79. The lowest BCUT2D eigenvalue weighted by molar-refractivity contribution is -0.161. The average Bonchev–Trinajstić information content (AvgIpc) is 2.97. The van der Waals surface area contributed by atoms with Crippen LogP contribution < -0.4 is 5.32 Å². The average molecular weight is 338 g/mol. The number of ether oxygens (including phenoxy) is 1. The van der Waals surface area contributed by atoms with E-state index < -0.39 is 18.1 Å². The number of hydrogen-bond acceptors (Lipinski definition) is 3. The van der Waals surface area contributed by atoms with Gasteiger partial charge in [-0.15, -0.1) is 0 Å². The zero-order valence-electron chi connectivity index (χ0n) is 13.6. The largest absolute Gasteiger partial charge is 0.366 e. The molecule has 2 aromatic rings. The minimum Gasteiger partial charge on any atom is -0.366 e. The van der Waals surface area contributed by atoms with Crippen molar-refractivity contribution in [1.82, 2.24) is 20.2 Å². The number of amides is 2. The van der Waals surface area contributed by atoms with E-state index in [9.17, 15) is 13.6 Å². The lowest BCUT2D eigenvalue weighted by atomic mass is 10.1. The number of urea groups is 1. The zero-order valence-corrected chi connectivity index (χ0v) is 13.6. The number of benzene rings is 1. The monoisotopic (exact) mass is 338 g/mol. The number of nitrogens with zero attached hydrogens (tertiary/aromatic N) is 2. The number of carbonyl (C=O) groups is 1. The molecule has 0 radical (unpaired) electrons. The van der Waals surface area contributed by atoms with Gasteiger partial charge in [-0.2, -0.15) is 0 Å². The van der Waals surface area contributed by atoms with E-state index in [1.807, 2.05) is 25.1 Å². The van der Waals surface area contributed by atoms with E-state index in [-0.39, 0.29) is 26.2 Å². The van der Waals surface area contributed by atoms with Gasteiger partial charge in [0.05, 0.1) is 30.7 Å². The Bertz CT molecular complexity index is 749. The Labute approximate surface area is 138 Å². The molecular formula is C16H20F2N4O2. The molecule has 1 fully saturated rings. The van der Waals surface area contributed by atoms with Crippen LogP contribution in [0.2, 0.25) is 0 Å². The molecule has 3 rings (SSSR count). The number of fused-ring (bicyclic) bond motifs is 1. The predicted molar refractivity (Wildman–Crippen MR) is 85.0 cm³/mol. The number of aromatic amines is 1. The SMILES string of the molecule is Cc1cccc2[nH]c(CNC(=O)N3CCOC(C)(C(F)F)C3)nc12. The maximum atomic E-state index is 13.0. The maximum Gasteiger partial charge on any atom is 0.317 e. The van der Waals surface area contributed by atoms with Crippen molar-refractivity contribution in [2.24, 2.45) is 0 Å². The van der Waals surface area contributed by atoms with E-state index in [4.69, 9.17) is 4.74 Å². The highest BCUT2D eigenvalue weighted by Crippen LogP contribution is 2.25. The van der Waals surface area contributed by atoms with Gasteiger partial charge in [-0.25, -0.2) is 18.6 Å². The van der Waals surface area contributed by atoms with Crippen molar-refractivity contribution in [3.8, 4) is 0 Å². The molecule has 0 spiro atoms. The van der Waals surface area contributed by atoms with Crippen LogP contribution in [0.15, 0.2) is 18.2 Å². The Morgan fingerprint density at radius 1 is 1.54 bits per heavy atom. The number of aryl methyl sites for hydroxylation is 1. The molecule has 1 saturated heterocycles. The summed E-state index contributed by atoms with van der Waals surface area (Å²) in [6, 6.07) is 5.40. The first-order valence-electron chi connectivity index (χ1n) is 7.78. The van der Waals surface area contributed by atoms with Gasteiger partial charge in [0, 0.05) is 6.54 Å². The summed E-state index contributed by atoms with van der Waals surface area (Å²) in [6.07, 6.45) is -2.65. The van der Waals surface area contributed by atoms with Gasteiger partial charge >= 0.3 is 6.03 Å².